The highest BCUT2D eigenvalue weighted by molar-refractivity contribution is 7.89. The lowest BCUT2D eigenvalue weighted by Crippen LogP contribution is -2.41. The molecule has 1 aliphatic rings. The molecular weight excluding hydrogens is 286 g/mol. The fourth-order valence-corrected chi connectivity index (χ4v) is 4.13. The lowest BCUT2D eigenvalue weighted by molar-refractivity contribution is 0.232. The summed E-state index contributed by atoms with van der Waals surface area (Å²) < 4.78 is 26.8. The first kappa shape index (κ1) is 15.5. The van der Waals surface area contributed by atoms with Crippen LogP contribution in [0.1, 0.15) is 30.9 Å². The van der Waals surface area contributed by atoms with Gasteiger partial charge in [-0.15, -0.1) is 0 Å². The maximum atomic E-state index is 12.7. The van der Waals surface area contributed by atoms with Gasteiger partial charge in [-0.2, -0.15) is 14.8 Å². The van der Waals surface area contributed by atoms with Crippen LogP contribution < -0.4 is 0 Å². The van der Waals surface area contributed by atoms with Crippen LogP contribution in [0.15, 0.2) is 23.1 Å². The molecule has 110 valence electrons. The van der Waals surface area contributed by atoms with Crippen LogP contribution in [0, 0.1) is 35.0 Å². The molecule has 1 aliphatic heterocycles. The summed E-state index contributed by atoms with van der Waals surface area (Å²) in [6.45, 7) is 4.26. The van der Waals surface area contributed by atoms with Crippen LogP contribution in [0.5, 0.6) is 0 Å². The van der Waals surface area contributed by atoms with E-state index in [4.69, 9.17) is 10.5 Å². The second kappa shape index (κ2) is 5.48. The highest BCUT2D eigenvalue weighted by Gasteiger charge is 2.35. The molecule has 21 heavy (non-hydrogen) atoms. The summed E-state index contributed by atoms with van der Waals surface area (Å²) in [4.78, 5) is 0.238. The van der Waals surface area contributed by atoms with Crippen LogP contribution in [0.25, 0.3) is 0 Å². The Morgan fingerprint density at radius 3 is 2.33 bits per heavy atom. The molecule has 1 fully saturated rings. The maximum Gasteiger partial charge on any atom is 0.243 e. The van der Waals surface area contributed by atoms with E-state index in [1.807, 2.05) is 13.0 Å². The standard InChI is InChI=1S/C15H17N3O2S/c1-12-9-13(10-16)3-4-14(12)21(19,20)18-7-5-15(2,11-17)6-8-18/h3-4,9H,5-8H2,1-2H3. The van der Waals surface area contributed by atoms with E-state index in [9.17, 15) is 8.42 Å². The van der Waals surface area contributed by atoms with Crippen molar-refractivity contribution in [1.29, 1.82) is 10.5 Å². The zero-order valence-electron chi connectivity index (χ0n) is 12.1. The molecule has 0 bridgehead atoms. The highest BCUT2D eigenvalue weighted by Crippen LogP contribution is 2.33. The van der Waals surface area contributed by atoms with Crippen LogP contribution in [0.3, 0.4) is 0 Å². The third-order valence-electron chi connectivity index (χ3n) is 4.02. The first-order valence-corrected chi connectivity index (χ1v) is 8.18. The van der Waals surface area contributed by atoms with E-state index in [1.165, 1.54) is 16.4 Å². The van der Waals surface area contributed by atoms with Crippen LogP contribution in [-0.2, 0) is 10.0 Å². The van der Waals surface area contributed by atoms with Gasteiger partial charge >= 0.3 is 0 Å². The lowest BCUT2D eigenvalue weighted by atomic mass is 9.83. The molecule has 0 radical (unpaired) electrons. The van der Waals surface area contributed by atoms with Crippen LogP contribution in [0.4, 0.5) is 0 Å². The molecule has 1 saturated heterocycles. The van der Waals surface area contributed by atoms with E-state index in [-0.39, 0.29) is 4.90 Å². The number of rotatable bonds is 2. The number of hydrogen-bond acceptors (Lipinski definition) is 4. The normalized spacial score (nSPS) is 18.7. The molecule has 0 spiro atoms. The Morgan fingerprint density at radius 2 is 1.86 bits per heavy atom. The lowest BCUT2D eigenvalue weighted by Gasteiger charge is -2.34. The largest absolute Gasteiger partial charge is 0.243 e. The van der Waals surface area contributed by atoms with Gasteiger partial charge in [0.25, 0.3) is 0 Å². The number of sulfonamides is 1. The van der Waals surface area contributed by atoms with E-state index in [0.29, 0.717) is 37.1 Å². The first-order valence-electron chi connectivity index (χ1n) is 6.74. The van der Waals surface area contributed by atoms with Crippen molar-refractivity contribution in [3.8, 4) is 12.1 Å². The zero-order valence-corrected chi connectivity index (χ0v) is 12.9. The van der Waals surface area contributed by atoms with E-state index < -0.39 is 15.4 Å². The van der Waals surface area contributed by atoms with Gasteiger partial charge < -0.3 is 0 Å². The summed E-state index contributed by atoms with van der Waals surface area (Å²) in [5, 5.41) is 18.0. The van der Waals surface area contributed by atoms with Gasteiger partial charge in [-0.3, -0.25) is 0 Å². The average molecular weight is 303 g/mol. The van der Waals surface area contributed by atoms with Crippen molar-refractivity contribution < 1.29 is 8.42 Å². The van der Waals surface area contributed by atoms with E-state index in [2.05, 4.69) is 6.07 Å². The Bertz CT molecular complexity index is 733. The Hall–Kier alpha value is -1.89. The topological polar surface area (TPSA) is 85.0 Å². The van der Waals surface area contributed by atoms with Crippen molar-refractivity contribution in [2.45, 2.75) is 31.6 Å². The third kappa shape index (κ3) is 2.92. The molecule has 2 rings (SSSR count). The summed E-state index contributed by atoms with van der Waals surface area (Å²) in [5.74, 6) is 0. The molecule has 0 atom stereocenters. The highest BCUT2D eigenvalue weighted by atomic mass is 32.2. The van der Waals surface area contributed by atoms with Crippen LogP contribution in [0.2, 0.25) is 0 Å². The molecule has 0 aromatic heterocycles. The van der Waals surface area contributed by atoms with Crippen molar-refractivity contribution in [2.75, 3.05) is 13.1 Å². The van der Waals surface area contributed by atoms with Crippen LogP contribution in [-0.4, -0.2) is 25.8 Å². The van der Waals surface area contributed by atoms with Crippen molar-refractivity contribution in [3.63, 3.8) is 0 Å². The third-order valence-corrected chi connectivity index (χ3v) is 6.08. The van der Waals surface area contributed by atoms with Gasteiger partial charge in [0.15, 0.2) is 0 Å². The van der Waals surface area contributed by atoms with E-state index >= 15 is 0 Å². The number of aryl methyl sites for hydroxylation is 1. The molecule has 1 heterocycles. The van der Waals surface area contributed by atoms with Gasteiger partial charge in [-0.1, -0.05) is 0 Å². The number of hydrogen-bond donors (Lipinski definition) is 0. The van der Waals surface area contributed by atoms with E-state index in [1.54, 1.807) is 13.0 Å². The molecule has 1 aromatic rings. The molecule has 1 aromatic carbocycles. The summed E-state index contributed by atoms with van der Waals surface area (Å²) >= 11 is 0. The van der Waals surface area contributed by atoms with Gasteiger partial charge in [0, 0.05) is 13.1 Å². The fourth-order valence-electron chi connectivity index (χ4n) is 2.48. The second-order valence-corrected chi connectivity index (χ2v) is 7.57. The SMILES string of the molecule is Cc1cc(C#N)ccc1S(=O)(=O)N1CCC(C)(C#N)CC1. The molecule has 0 unspecified atom stereocenters. The van der Waals surface area contributed by atoms with Gasteiger partial charge in [-0.25, -0.2) is 8.42 Å². The maximum absolute atomic E-state index is 12.7. The molecule has 6 heteroatoms. The van der Waals surface area contributed by atoms with E-state index in [0.717, 1.165) is 0 Å². The molecule has 0 amide bonds. The second-order valence-electron chi connectivity index (χ2n) is 5.67. The predicted molar refractivity (Wildman–Crippen MR) is 77.6 cm³/mol. The first-order chi connectivity index (χ1) is 9.82. The summed E-state index contributed by atoms with van der Waals surface area (Å²) in [5.41, 5.74) is 0.580. The van der Waals surface area contributed by atoms with Crippen molar-refractivity contribution >= 4 is 10.0 Å². The van der Waals surface area contributed by atoms with Crippen molar-refractivity contribution in [1.82, 2.24) is 4.31 Å². The zero-order chi connectivity index (χ0) is 15.7. The molecule has 5 nitrogen and oxygen atoms in total. The Morgan fingerprint density at radius 1 is 1.24 bits per heavy atom. The Kier molecular flexibility index (Phi) is 4.04. The summed E-state index contributed by atoms with van der Waals surface area (Å²) in [7, 11) is -3.56. The molecular formula is C15H17N3O2S. The van der Waals surface area contributed by atoms with Gasteiger partial charge in [0.1, 0.15) is 0 Å². The minimum absolute atomic E-state index is 0.238. The molecule has 0 aliphatic carbocycles. The fraction of sp³-hybridized carbons (Fsp3) is 0.467. The molecule has 0 N–H and O–H groups in total. The quantitative estimate of drug-likeness (QED) is 0.838. The molecule has 0 saturated carbocycles. The minimum Gasteiger partial charge on any atom is -0.207 e. The predicted octanol–water partition coefficient (Wildman–Crippen LogP) is 2.18. The van der Waals surface area contributed by atoms with Crippen molar-refractivity contribution in [2.24, 2.45) is 5.41 Å². The minimum atomic E-state index is -3.56. The average Bonchev–Trinajstić information content (AvgIpc) is 2.47. The summed E-state index contributed by atoms with van der Waals surface area (Å²) in [6, 6.07) is 8.84. The Labute approximate surface area is 125 Å². The Balaban J connectivity index is 2.29. The number of nitrogens with zero attached hydrogens (tertiary/aromatic N) is 3. The van der Waals surface area contributed by atoms with Crippen LogP contribution >= 0.6 is 0 Å². The van der Waals surface area contributed by atoms with Gasteiger partial charge in [0.05, 0.1) is 28.0 Å². The van der Waals surface area contributed by atoms with Gasteiger partial charge in [-0.05, 0) is 50.5 Å². The number of piperidine rings is 1. The van der Waals surface area contributed by atoms with Crippen molar-refractivity contribution in [3.05, 3.63) is 29.3 Å². The number of nitriles is 2. The smallest absolute Gasteiger partial charge is 0.207 e. The summed E-state index contributed by atoms with van der Waals surface area (Å²) in [6.07, 6.45) is 1.08. The number of benzene rings is 1. The monoisotopic (exact) mass is 303 g/mol. The van der Waals surface area contributed by atoms with Gasteiger partial charge in [0.2, 0.25) is 10.0 Å².